The van der Waals surface area contributed by atoms with Gasteiger partial charge in [-0.2, -0.15) is 4.98 Å². The molecule has 96 valence electrons. The van der Waals surface area contributed by atoms with E-state index in [1.54, 1.807) is 4.52 Å². The van der Waals surface area contributed by atoms with Crippen molar-refractivity contribution in [2.24, 2.45) is 0 Å². The van der Waals surface area contributed by atoms with Crippen LogP contribution in [0.25, 0.3) is 17.4 Å². The van der Waals surface area contributed by atoms with Crippen LogP contribution in [0.4, 0.5) is 0 Å². The fourth-order valence-electron chi connectivity index (χ4n) is 2.17. The molecule has 1 fully saturated rings. The van der Waals surface area contributed by atoms with E-state index < -0.39 is 0 Å². The van der Waals surface area contributed by atoms with Gasteiger partial charge in [0.25, 0.3) is 5.78 Å². The largest absolute Gasteiger partial charge is 0.262 e. The SMILES string of the molecule is Cc1cc(C)n2nc(-c3n[nH]c(C4CC4)n3)nc2n1. The normalized spacial score (nSPS) is 15.3. The van der Waals surface area contributed by atoms with Crippen molar-refractivity contribution in [2.45, 2.75) is 32.6 Å². The first kappa shape index (κ1) is 10.6. The Labute approximate surface area is 109 Å². The summed E-state index contributed by atoms with van der Waals surface area (Å²) in [5, 5.41) is 11.6. The number of fused-ring (bicyclic) bond motifs is 1. The highest BCUT2D eigenvalue weighted by Gasteiger charge is 2.28. The molecule has 1 N–H and O–H groups in total. The summed E-state index contributed by atoms with van der Waals surface area (Å²) in [6.07, 6.45) is 2.38. The van der Waals surface area contributed by atoms with Gasteiger partial charge in [-0.3, -0.25) is 5.10 Å². The van der Waals surface area contributed by atoms with Crippen LogP contribution < -0.4 is 0 Å². The molecule has 7 nitrogen and oxygen atoms in total. The van der Waals surface area contributed by atoms with Crippen LogP contribution in [0, 0.1) is 13.8 Å². The van der Waals surface area contributed by atoms with Crippen LogP contribution in [0.2, 0.25) is 0 Å². The third-order valence-electron chi connectivity index (χ3n) is 3.29. The Kier molecular flexibility index (Phi) is 2.01. The van der Waals surface area contributed by atoms with Gasteiger partial charge in [0, 0.05) is 17.3 Å². The fraction of sp³-hybridized carbons (Fsp3) is 0.417. The molecule has 0 unspecified atom stereocenters. The lowest BCUT2D eigenvalue weighted by atomic mass is 10.4. The molecular weight excluding hydrogens is 242 g/mol. The van der Waals surface area contributed by atoms with Gasteiger partial charge in [0.15, 0.2) is 0 Å². The van der Waals surface area contributed by atoms with Gasteiger partial charge in [0.2, 0.25) is 11.6 Å². The van der Waals surface area contributed by atoms with Gasteiger partial charge in [0.05, 0.1) is 0 Å². The average Bonchev–Trinajstić information content (AvgIpc) is 2.94. The Morgan fingerprint density at radius 3 is 2.79 bits per heavy atom. The lowest BCUT2D eigenvalue weighted by molar-refractivity contribution is 0.884. The Hall–Kier alpha value is -2.31. The molecule has 19 heavy (non-hydrogen) atoms. The summed E-state index contributed by atoms with van der Waals surface area (Å²) in [6, 6.07) is 1.97. The van der Waals surface area contributed by atoms with E-state index in [2.05, 4.69) is 30.2 Å². The van der Waals surface area contributed by atoms with Gasteiger partial charge >= 0.3 is 0 Å². The van der Waals surface area contributed by atoms with Crippen LogP contribution >= 0.6 is 0 Å². The topological polar surface area (TPSA) is 84.7 Å². The standard InChI is InChI=1S/C12H13N7/c1-6-5-7(2)19-12(13-6)15-11(18-19)10-14-9(16-17-10)8-3-4-8/h5,8H,3-4H2,1-2H3,(H,14,16,17). The number of aromatic amines is 1. The fourth-order valence-corrected chi connectivity index (χ4v) is 2.17. The maximum absolute atomic E-state index is 4.46. The smallest absolute Gasteiger partial charge is 0.253 e. The number of nitrogens with one attached hydrogen (secondary N) is 1. The summed E-state index contributed by atoms with van der Waals surface area (Å²) in [5.74, 6) is 3.13. The maximum Gasteiger partial charge on any atom is 0.253 e. The molecule has 1 saturated carbocycles. The van der Waals surface area contributed by atoms with Gasteiger partial charge < -0.3 is 0 Å². The first-order chi connectivity index (χ1) is 9.20. The van der Waals surface area contributed by atoms with E-state index in [-0.39, 0.29) is 0 Å². The third kappa shape index (κ3) is 1.69. The summed E-state index contributed by atoms with van der Waals surface area (Å²) in [6.45, 7) is 3.92. The molecule has 0 amide bonds. The molecule has 4 rings (SSSR count). The van der Waals surface area contributed by atoms with Crippen LogP contribution in [-0.2, 0) is 0 Å². The minimum atomic E-state index is 0.518. The van der Waals surface area contributed by atoms with E-state index >= 15 is 0 Å². The van der Waals surface area contributed by atoms with Crippen molar-refractivity contribution in [2.75, 3.05) is 0 Å². The van der Waals surface area contributed by atoms with Crippen molar-refractivity contribution in [3.8, 4) is 11.6 Å². The third-order valence-corrected chi connectivity index (χ3v) is 3.29. The van der Waals surface area contributed by atoms with E-state index in [0.29, 0.717) is 23.3 Å². The Morgan fingerprint density at radius 1 is 1.16 bits per heavy atom. The minimum Gasteiger partial charge on any atom is -0.262 e. The number of H-pyrrole nitrogens is 1. The molecule has 1 aliphatic carbocycles. The quantitative estimate of drug-likeness (QED) is 0.748. The molecule has 3 heterocycles. The van der Waals surface area contributed by atoms with Crippen LogP contribution in [-0.4, -0.2) is 34.8 Å². The molecular formula is C12H13N7. The summed E-state index contributed by atoms with van der Waals surface area (Å²) in [7, 11) is 0. The minimum absolute atomic E-state index is 0.518. The van der Waals surface area contributed by atoms with Gasteiger partial charge in [-0.15, -0.1) is 10.2 Å². The Bertz CT molecular complexity index is 766. The molecule has 0 atom stereocenters. The second kappa shape index (κ2) is 3.59. The van der Waals surface area contributed by atoms with Crippen molar-refractivity contribution in [1.82, 2.24) is 34.8 Å². The van der Waals surface area contributed by atoms with Crippen LogP contribution in [0.5, 0.6) is 0 Å². The van der Waals surface area contributed by atoms with Gasteiger partial charge in [0.1, 0.15) is 5.82 Å². The molecule has 0 aromatic carbocycles. The molecule has 0 bridgehead atoms. The molecule has 0 saturated heterocycles. The van der Waals surface area contributed by atoms with Crippen LogP contribution in [0.3, 0.4) is 0 Å². The van der Waals surface area contributed by atoms with Crippen molar-refractivity contribution in [1.29, 1.82) is 0 Å². The summed E-state index contributed by atoms with van der Waals surface area (Å²) in [4.78, 5) is 13.2. The van der Waals surface area contributed by atoms with Crippen LogP contribution in [0.15, 0.2) is 6.07 Å². The predicted molar refractivity (Wildman–Crippen MR) is 67.6 cm³/mol. The number of hydrogen-bond donors (Lipinski definition) is 1. The summed E-state index contributed by atoms with van der Waals surface area (Å²) in [5.41, 5.74) is 1.93. The molecule has 3 aromatic rings. The lowest BCUT2D eigenvalue weighted by Crippen LogP contribution is -1.97. The molecule has 1 aliphatic rings. The monoisotopic (exact) mass is 255 g/mol. The number of nitrogens with zero attached hydrogens (tertiary/aromatic N) is 6. The van der Waals surface area contributed by atoms with Gasteiger partial charge in [-0.05, 0) is 32.8 Å². The zero-order chi connectivity index (χ0) is 13.0. The molecule has 0 spiro atoms. The average molecular weight is 255 g/mol. The first-order valence-corrected chi connectivity index (χ1v) is 6.34. The number of aromatic nitrogens is 7. The number of hydrogen-bond acceptors (Lipinski definition) is 5. The zero-order valence-corrected chi connectivity index (χ0v) is 10.8. The molecule has 3 aromatic heterocycles. The van der Waals surface area contributed by atoms with Crippen molar-refractivity contribution < 1.29 is 0 Å². The highest BCUT2D eigenvalue weighted by molar-refractivity contribution is 5.47. The van der Waals surface area contributed by atoms with Crippen molar-refractivity contribution in [3.63, 3.8) is 0 Å². The predicted octanol–water partition coefficient (Wildman–Crippen LogP) is 1.40. The second-order valence-corrected chi connectivity index (χ2v) is 5.00. The van der Waals surface area contributed by atoms with Crippen LogP contribution in [0.1, 0.15) is 36.0 Å². The van der Waals surface area contributed by atoms with E-state index in [1.165, 1.54) is 12.8 Å². The van der Waals surface area contributed by atoms with Gasteiger partial charge in [-0.25, -0.2) is 14.5 Å². The first-order valence-electron chi connectivity index (χ1n) is 6.34. The summed E-state index contributed by atoms with van der Waals surface area (Å²) >= 11 is 0. The van der Waals surface area contributed by atoms with Gasteiger partial charge in [-0.1, -0.05) is 0 Å². The van der Waals surface area contributed by atoms with E-state index in [1.807, 2.05) is 19.9 Å². The molecule has 7 heteroatoms. The van der Waals surface area contributed by atoms with Crippen molar-refractivity contribution in [3.05, 3.63) is 23.3 Å². The Morgan fingerprint density at radius 2 is 2.00 bits per heavy atom. The number of rotatable bonds is 2. The Balaban J connectivity index is 1.83. The van der Waals surface area contributed by atoms with E-state index in [9.17, 15) is 0 Å². The van der Waals surface area contributed by atoms with E-state index in [4.69, 9.17) is 0 Å². The maximum atomic E-state index is 4.46. The highest BCUT2D eigenvalue weighted by Crippen LogP contribution is 2.38. The number of aryl methyl sites for hydroxylation is 2. The molecule has 0 aliphatic heterocycles. The van der Waals surface area contributed by atoms with Crippen molar-refractivity contribution >= 4 is 5.78 Å². The second-order valence-electron chi connectivity index (χ2n) is 5.00. The molecule has 0 radical (unpaired) electrons. The van der Waals surface area contributed by atoms with E-state index in [0.717, 1.165) is 17.2 Å². The highest BCUT2D eigenvalue weighted by atomic mass is 15.4. The zero-order valence-electron chi connectivity index (χ0n) is 10.8. The summed E-state index contributed by atoms with van der Waals surface area (Å²) < 4.78 is 1.72. The lowest BCUT2D eigenvalue weighted by Gasteiger charge is -1.97.